The van der Waals surface area contributed by atoms with E-state index in [0.29, 0.717) is 5.56 Å². The van der Waals surface area contributed by atoms with Crippen molar-refractivity contribution in [3.63, 3.8) is 0 Å². The SMILES string of the molecule is Cc1ccc(Br)cc1C(=O)Nc1nc2c(s1)CCCC2. The molecule has 1 aromatic heterocycles. The van der Waals surface area contributed by atoms with Crippen LogP contribution in [-0.4, -0.2) is 10.9 Å². The van der Waals surface area contributed by atoms with E-state index < -0.39 is 0 Å². The van der Waals surface area contributed by atoms with Gasteiger partial charge in [0.25, 0.3) is 5.91 Å². The highest BCUT2D eigenvalue weighted by molar-refractivity contribution is 9.10. The van der Waals surface area contributed by atoms with E-state index in [4.69, 9.17) is 0 Å². The van der Waals surface area contributed by atoms with Gasteiger partial charge < -0.3 is 0 Å². The zero-order valence-corrected chi connectivity index (χ0v) is 13.6. The lowest BCUT2D eigenvalue weighted by atomic mass is 10.0. The van der Waals surface area contributed by atoms with Crippen LogP contribution in [0.2, 0.25) is 0 Å². The summed E-state index contributed by atoms with van der Waals surface area (Å²) >= 11 is 5.02. The summed E-state index contributed by atoms with van der Waals surface area (Å²) in [6.45, 7) is 1.94. The van der Waals surface area contributed by atoms with Gasteiger partial charge in [-0.3, -0.25) is 10.1 Å². The minimum atomic E-state index is -0.0881. The molecule has 0 radical (unpaired) electrons. The van der Waals surface area contributed by atoms with Gasteiger partial charge in [0.1, 0.15) is 0 Å². The largest absolute Gasteiger partial charge is 0.298 e. The quantitative estimate of drug-likeness (QED) is 0.874. The van der Waals surface area contributed by atoms with Gasteiger partial charge in [0.05, 0.1) is 5.69 Å². The van der Waals surface area contributed by atoms with Gasteiger partial charge in [0, 0.05) is 14.9 Å². The average molecular weight is 351 g/mol. The van der Waals surface area contributed by atoms with Crippen molar-refractivity contribution in [3.8, 4) is 0 Å². The molecule has 3 rings (SSSR count). The summed E-state index contributed by atoms with van der Waals surface area (Å²) in [5.74, 6) is -0.0881. The average Bonchev–Trinajstić information content (AvgIpc) is 2.83. The Morgan fingerprint density at radius 1 is 1.35 bits per heavy atom. The lowest BCUT2D eigenvalue weighted by molar-refractivity contribution is 0.102. The Morgan fingerprint density at radius 3 is 2.95 bits per heavy atom. The summed E-state index contributed by atoms with van der Waals surface area (Å²) in [4.78, 5) is 18.2. The molecule has 2 aromatic rings. The summed E-state index contributed by atoms with van der Waals surface area (Å²) in [5.41, 5.74) is 2.82. The van der Waals surface area contributed by atoms with Crippen LogP contribution in [0.1, 0.15) is 39.3 Å². The van der Waals surface area contributed by atoms with Crippen LogP contribution in [0, 0.1) is 6.92 Å². The van der Waals surface area contributed by atoms with E-state index in [2.05, 4.69) is 26.2 Å². The van der Waals surface area contributed by atoms with Crippen LogP contribution in [0.5, 0.6) is 0 Å². The molecule has 5 heteroatoms. The molecule has 1 aliphatic carbocycles. The number of thiazole rings is 1. The molecule has 0 spiro atoms. The number of aromatic nitrogens is 1. The van der Waals surface area contributed by atoms with Crippen LogP contribution in [0.3, 0.4) is 0 Å². The Hall–Kier alpha value is -1.20. The highest BCUT2D eigenvalue weighted by atomic mass is 79.9. The zero-order chi connectivity index (χ0) is 14.1. The fraction of sp³-hybridized carbons (Fsp3) is 0.333. The van der Waals surface area contributed by atoms with Gasteiger partial charge in [-0.05, 0) is 50.3 Å². The molecule has 3 nitrogen and oxygen atoms in total. The van der Waals surface area contributed by atoms with Gasteiger partial charge >= 0.3 is 0 Å². The van der Waals surface area contributed by atoms with Crippen molar-refractivity contribution in [3.05, 3.63) is 44.4 Å². The summed E-state index contributed by atoms with van der Waals surface area (Å²) < 4.78 is 0.909. The number of benzene rings is 1. The van der Waals surface area contributed by atoms with Crippen LogP contribution >= 0.6 is 27.3 Å². The van der Waals surface area contributed by atoms with E-state index >= 15 is 0 Å². The third-order valence-electron chi connectivity index (χ3n) is 3.51. The van der Waals surface area contributed by atoms with Gasteiger partial charge in [-0.1, -0.05) is 22.0 Å². The Kier molecular flexibility index (Phi) is 3.89. The number of rotatable bonds is 2. The lowest BCUT2D eigenvalue weighted by Crippen LogP contribution is -2.13. The fourth-order valence-corrected chi connectivity index (χ4v) is 3.81. The maximum atomic E-state index is 12.3. The molecule has 0 unspecified atom stereocenters. The monoisotopic (exact) mass is 350 g/mol. The molecule has 20 heavy (non-hydrogen) atoms. The minimum Gasteiger partial charge on any atom is -0.298 e. The van der Waals surface area contributed by atoms with Gasteiger partial charge in [0.15, 0.2) is 5.13 Å². The summed E-state index contributed by atoms with van der Waals surface area (Å²) in [7, 11) is 0. The number of amides is 1. The number of anilines is 1. The molecular weight excluding hydrogens is 336 g/mol. The molecule has 1 aliphatic rings. The highest BCUT2D eigenvalue weighted by Gasteiger charge is 2.17. The molecule has 0 aliphatic heterocycles. The first-order valence-corrected chi connectivity index (χ1v) is 8.30. The van der Waals surface area contributed by atoms with E-state index in [1.54, 1.807) is 11.3 Å². The molecule has 0 bridgehead atoms. The molecule has 1 amide bonds. The number of hydrogen-bond acceptors (Lipinski definition) is 3. The number of nitrogens with one attached hydrogen (secondary N) is 1. The summed E-state index contributed by atoms with van der Waals surface area (Å²) in [6.07, 6.45) is 4.57. The Bertz CT molecular complexity index is 642. The van der Waals surface area contributed by atoms with Gasteiger partial charge in [-0.15, -0.1) is 11.3 Å². The van der Waals surface area contributed by atoms with Crippen molar-refractivity contribution < 1.29 is 4.79 Å². The third-order valence-corrected chi connectivity index (χ3v) is 5.08. The van der Waals surface area contributed by atoms with E-state index in [0.717, 1.165) is 28.0 Å². The molecule has 104 valence electrons. The first-order chi connectivity index (χ1) is 9.63. The third kappa shape index (κ3) is 2.79. The minimum absolute atomic E-state index is 0.0881. The maximum absolute atomic E-state index is 12.3. The van der Waals surface area contributed by atoms with Crippen molar-refractivity contribution in [1.29, 1.82) is 0 Å². The van der Waals surface area contributed by atoms with Crippen molar-refractivity contribution in [2.24, 2.45) is 0 Å². The maximum Gasteiger partial charge on any atom is 0.257 e. The van der Waals surface area contributed by atoms with Crippen molar-refractivity contribution in [2.75, 3.05) is 5.32 Å². The van der Waals surface area contributed by atoms with Crippen LogP contribution in [0.4, 0.5) is 5.13 Å². The van der Waals surface area contributed by atoms with Crippen LogP contribution in [0.25, 0.3) is 0 Å². The molecule has 0 fully saturated rings. The second-order valence-electron chi connectivity index (χ2n) is 5.01. The summed E-state index contributed by atoms with van der Waals surface area (Å²) in [5, 5.41) is 3.65. The number of aryl methyl sites for hydroxylation is 3. The van der Waals surface area contributed by atoms with E-state index in [9.17, 15) is 4.79 Å². The lowest BCUT2D eigenvalue weighted by Gasteiger charge is -2.06. The summed E-state index contributed by atoms with van der Waals surface area (Å²) in [6, 6.07) is 5.72. The zero-order valence-electron chi connectivity index (χ0n) is 11.2. The molecule has 0 atom stereocenters. The first kappa shape index (κ1) is 13.8. The van der Waals surface area contributed by atoms with E-state index in [-0.39, 0.29) is 5.91 Å². The number of carbonyl (C=O) groups excluding carboxylic acids is 1. The van der Waals surface area contributed by atoms with Crippen molar-refractivity contribution in [1.82, 2.24) is 4.98 Å². The number of carbonyl (C=O) groups is 1. The van der Waals surface area contributed by atoms with E-state index in [1.807, 2.05) is 25.1 Å². The van der Waals surface area contributed by atoms with Crippen LogP contribution < -0.4 is 5.32 Å². The molecular formula is C15H15BrN2OS. The van der Waals surface area contributed by atoms with Crippen LogP contribution in [-0.2, 0) is 12.8 Å². The molecule has 1 aromatic carbocycles. The topological polar surface area (TPSA) is 42.0 Å². The normalized spacial score (nSPS) is 13.9. The second kappa shape index (κ2) is 5.66. The standard InChI is InChI=1S/C15H15BrN2OS/c1-9-6-7-10(16)8-11(9)14(19)18-15-17-12-4-2-3-5-13(12)20-15/h6-8H,2-5H2,1H3,(H,17,18,19). The molecule has 0 saturated heterocycles. The van der Waals surface area contributed by atoms with E-state index in [1.165, 1.54) is 23.4 Å². The molecule has 1 heterocycles. The number of nitrogens with zero attached hydrogens (tertiary/aromatic N) is 1. The van der Waals surface area contributed by atoms with Crippen molar-refractivity contribution >= 4 is 38.3 Å². The molecule has 1 N–H and O–H groups in total. The highest BCUT2D eigenvalue weighted by Crippen LogP contribution is 2.30. The Morgan fingerprint density at radius 2 is 2.15 bits per heavy atom. The van der Waals surface area contributed by atoms with Gasteiger partial charge in [-0.25, -0.2) is 4.98 Å². The number of halogens is 1. The van der Waals surface area contributed by atoms with Crippen LogP contribution in [0.15, 0.2) is 22.7 Å². The second-order valence-corrected chi connectivity index (χ2v) is 7.01. The van der Waals surface area contributed by atoms with Gasteiger partial charge in [0.2, 0.25) is 0 Å². The fourth-order valence-electron chi connectivity index (χ4n) is 2.41. The van der Waals surface area contributed by atoms with Gasteiger partial charge in [-0.2, -0.15) is 0 Å². The Balaban J connectivity index is 1.82. The first-order valence-electron chi connectivity index (χ1n) is 6.69. The predicted octanol–water partition coefficient (Wildman–Crippen LogP) is 4.35. The molecule has 0 saturated carbocycles. The number of fused-ring (bicyclic) bond motifs is 1. The Labute approximate surface area is 130 Å². The predicted molar refractivity (Wildman–Crippen MR) is 85.6 cm³/mol. The number of hydrogen-bond donors (Lipinski definition) is 1. The van der Waals surface area contributed by atoms with Crippen molar-refractivity contribution in [2.45, 2.75) is 32.6 Å². The smallest absolute Gasteiger partial charge is 0.257 e.